The lowest BCUT2D eigenvalue weighted by Crippen LogP contribution is -2.28. The van der Waals surface area contributed by atoms with E-state index in [4.69, 9.17) is 0 Å². The molecule has 0 saturated carbocycles. The van der Waals surface area contributed by atoms with Gasteiger partial charge in [0, 0.05) is 4.88 Å². The maximum Gasteiger partial charge on any atom is 0.225 e. The Bertz CT molecular complexity index is 592. The number of aromatic hydroxyl groups is 1. The summed E-state index contributed by atoms with van der Waals surface area (Å²) in [6, 6.07) is 9.48. The molecule has 19 heavy (non-hydrogen) atoms. The second kappa shape index (κ2) is 5.05. The van der Waals surface area contributed by atoms with E-state index in [1.54, 1.807) is 17.4 Å². The first-order valence-electron chi connectivity index (χ1n) is 6.36. The van der Waals surface area contributed by atoms with Gasteiger partial charge in [-0.2, -0.15) is 0 Å². The van der Waals surface area contributed by atoms with E-state index < -0.39 is 0 Å². The highest BCUT2D eigenvalue weighted by molar-refractivity contribution is 7.10. The fourth-order valence-electron chi connectivity index (χ4n) is 2.60. The molecule has 1 aromatic carbocycles. The van der Waals surface area contributed by atoms with Crippen LogP contribution in [0.1, 0.15) is 28.5 Å². The summed E-state index contributed by atoms with van der Waals surface area (Å²) in [4.78, 5) is 13.1. The van der Waals surface area contributed by atoms with E-state index in [2.05, 4.69) is 5.32 Å². The number of thiophene rings is 1. The number of fused-ring (bicyclic) bond motifs is 1. The van der Waals surface area contributed by atoms with Crippen LogP contribution >= 0.6 is 11.3 Å². The summed E-state index contributed by atoms with van der Waals surface area (Å²) in [6.45, 7) is 0. The molecule has 2 aromatic rings. The molecule has 1 aliphatic rings. The topological polar surface area (TPSA) is 49.3 Å². The zero-order valence-corrected chi connectivity index (χ0v) is 11.2. The maximum absolute atomic E-state index is 12.0. The van der Waals surface area contributed by atoms with Crippen LogP contribution in [0, 0.1) is 0 Å². The quantitative estimate of drug-likeness (QED) is 0.903. The number of rotatable bonds is 3. The van der Waals surface area contributed by atoms with Crippen LogP contribution in [-0.4, -0.2) is 11.0 Å². The van der Waals surface area contributed by atoms with Crippen molar-refractivity contribution in [1.82, 2.24) is 5.32 Å². The van der Waals surface area contributed by atoms with Crippen LogP contribution in [0.5, 0.6) is 5.75 Å². The van der Waals surface area contributed by atoms with Crippen molar-refractivity contribution in [3.63, 3.8) is 0 Å². The van der Waals surface area contributed by atoms with Gasteiger partial charge in [-0.1, -0.05) is 18.2 Å². The molecule has 2 N–H and O–H groups in total. The van der Waals surface area contributed by atoms with E-state index in [0.717, 1.165) is 28.8 Å². The van der Waals surface area contributed by atoms with Gasteiger partial charge in [0.25, 0.3) is 0 Å². The molecule has 0 fully saturated rings. The number of benzene rings is 1. The molecule has 98 valence electrons. The average Bonchev–Trinajstić information content (AvgIpc) is 3.01. The summed E-state index contributed by atoms with van der Waals surface area (Å²) in [7, 11) is 0. The van der Waals surface area contributed by atoms with Crippen molar-refractivity contribution in [1.29, 1.82) is 0 Å². The van der Waals surface area contributed by atoms with Crippen LogP contribution in [0.15, 0.2) is 35.7 Å². The first-order chi connectivity index (χ1) is 9.24. The smallest absolute Gasteiger partial charge is 0.225 e. The van der Waals surface area contributed by atoms with Crippen LogP contribution < -0.4 is 5.32 Å². The van der Waals surface area contributed by atoms with Gasteiger partial charge in [-0.25, -0.2) is 0 Å². The molecule has 1 aliphatic carbocycles. The Hall–Kier alpha value is -1.81. The Kier molecular flexibility index (Phi) is 3.25. The number of nitrogens with one attached hydrogen (secondary N) is 1. The molecule has 0 spiro atoms. The van der Waals surface area contributed by atoms with Gasteiger partial charge >= 0.3 is 0 Å². The fraction of sp³-hybridized carbons (Fsp3) is 0.267. The molecule has 4 heteroatoms. The monoisotopic (exact) mass is 273 g/mol. The third kappa shape index (κ3) is 2.49. The molecule has 1 heterocycles. The molecule has 1 unspecified atom stereocenters. The normalized spacial score (nSPS) is 17.2. The van der Waals surface area contributed by atoms with Gasteiger partial charge in [0.1, 0.15) is 5.75 Å². The van der Waals surface area contributed by atoms with Gasteiger partial charge in [0.15, 0.2) is 0 Å². The number of phenols is 1. The van der Waals surface area contributed by atoms with E-state index >= 15 is 0 Å². The zero-order chi connectivity index (χ0) is 13.2. The number of hydrogen-bond donors (Lipinski definition) is 2. The third-order valence-electron chi connectivity index (χ3n) is 3.50. The molecule has 0 radical (unpaired) electrons. The molecule has 1 amide bonds. The van der Waals surface area contributed by atoms with Crippen molar-refractivity contribution in [2.75, 3.05) is 0 Å². The Morgan fingerprint density at radius 2 is 2.26 bits per heavy atom. The SMILES string of the molecule is O=C(Cc1cccs1)NC1CCc2c(O)cccc21. The van der Waals surface area contributed by atoms with Crippen LogP contribution in [0.25, 0.3) is 0 Å². The van der Waals surface area contributed by atoms with Gasteiger partial charge in [0.05, 0.1) is 12.5 Å². The van der Waals surface area contributed by atoms with Gasteiger partial charge in [-0.3, -0.25) is 4.79 Å². The minimum atomic E-state index is 0.0366. The Morgan fingerprint density at radius 1 is 1.37 bits per heavy atom. The number of amides is 1. The number of hydrogen-bond acceptors (Lipinski definition) is 3. The predicted octanol–water partition coefficient (Wildman–Crippen LogP) is 2.80. The molecule has 3 nitrogen and oxygen atoms in total. The van der Waals surface area contributed by atoms with Crippen molar-refractivity contribution in [3.05, 3.63) is 51.7 Å². The van der Waals surface area contributed by atoms with E-state index in [1.807, 2.05) is 29.6 Å². The maximum atomic E-state index is 12.0. The zero-order valence-electron chi connectivity index (χ0n) is 10.4. The van der Waals surface area contributed by atoms with Gasteiger partial charge < -0.3 is 10.4 Å². The van der Waals surface area contributed by atoms with Crippen molar-refractivity contribution in [3.8, 4) is 5.75 Å². The molecular weight excluding hydrogens is 258 g/mol. The first kappa shape index (κ1) is 12.2. The minimum Gasteiger partial charge on any atom is -0.508 e. The largest absolute Gasteiger partial charge is 0.508 e. The van der Waals surface area contributed by atoms with E-state index in [-0.39, 0.29) is 11.9 Å². The summed E-state index contributed by atoms with van der Waals surface area (Å²) in [5, 5.41) is 14.8. The molecule has 1 aromatic heterocycles. The Labute approximate surface area is 115 Å². The standard InChI is InChI=1S/C15H15NO2S/c17-14-5-1-4-11-12(14)6-7-13(11)16-15(18)9-10-3-2-8-19-10/h1-5,8,13,17H,6-7,9H2,(H,16,18). The molecular formula is C15H15NO2S. The molecule has 1 atom stereocenters. The van der Waals surface area contributed by atoms with Gasteiger partial charge in [-0.05, 0) is 41.5 Å². The average molecular weight is 273 g/mol. The molecule has 0 bridgehead atoms. The van der Waals surface area contributed by atoms with Crippen molar-refractivity contribution < 1.29 is 9.90 Å². The van der Waals surface area contributed by atoms with Crippen LogP contribution in [0.3, 0.4) is 0 Å². The lowest BCUT2D eigenvalue weighted by Gasteiger charge is -2.14. The Morgan fingerprint density at radius 3 is 3.05 bits per heavy atom. The Balaban J connectivity index is 1.69. The lowest BCUT2D eigenvalue weighted by molar-refractivity contribution is -0.121. The first-order valence-corrected chi connectivity index (χ1v) is 7.24. The van der Waals surface area contributed by atoms with Gasteiger partial charge in [0.2, 0.25) is 5.91 Å². The molecule has 0 aliphatic heterocycles. The second-order valence-electron chi connectivity index (χ2n) is 4.76. The number of phenolic OH excluding ortho intramolecular Hbond substituents is 1. The van der Waals surface area contributed by atoms with Crippen molar-refractivity contribution in [2.24, 2.45) is 0 Å². The van der Waals surface area contributed by atoms with Crippen LogP contribution in [0.2, 0.25) is 0 Å². The van der Waals surface area contributed by atoms with E-state index in [1.165, 1.54) is 0 Å². The molecule has 3 rings (SSSR count). The van der Waals surface area contributed by atoms with Crippen LogP contribution in [-0.2, 0) is 17.6 Å². The van der Waals surface area contributed by atoms with Gasteiger partial charge in [-0.15, -0.1) is 11.3 Å². The highest BCUT2D eigenvalue weighted by Crippen LogP contribution is 2.36. The highest BCUT2D eigenvalue weighted by Gasteiger charge is 2.25. The van der Waals surface area contributed by atoms with Crippen molar-refractivity contribution >= 4 is 17.2 Å². The van der Waals surface area contributed by atoms with Crippen molar-refractivity contribution in [2.45, 2.75) is 25.3 Å². The van der Waals surface area contributed by atoms with E-state index in [0.29, 0.717) is 12.2 Å². The summed E-state index contributed by atoms with van der Waals surface area (Å²) >= 11 is 1.60. The third-order valence-corrected chi connectivity index (χ3v) is 4.37. The highest BCUT2D eigenvalue weighted by atomic mass is 32.1. The fourth-order valence-corrected chi connectivity index (χ4v) is 3.31. The lowest BCUT2D eigenvalue weighted by atomic mass is 10.1. The predicted molar refractivity (Wildman–Crippen MR) is 75.3 cm³/mol. The number of carbonyl (C=O) groups excluding carboxylic acids is 1. The number of carbonyl (C=O) groups is 1. The minimum absolute atomic E-state index is 0.0366. The van der Waals surface area contributed by atoms with E-state index in [9.17, 15) is 9.90 Å². The second-order valence-corrected chi connectivity index (χ2v) is 5.79. The molecule has 0 saturated heterocycles. The summed E-state index contributed by atoms with van der Waals surface area (Å²) in [5.41, 5.74) is 2.03. The summed E-state index contributed by atoms with van der Waals surface area (Å²) in [5.74, 6) is 0.385. The van der Waals surface area contributed by atoms with Crippen LogP contribution in [0.4, 0.5) is 0 Å². The summed E-state index contributed by atoms with van der Waals surface area (Å²) < 4.78 is 0. The summed E-state index contributed by atoms with van der Waals surface area (Å²) in [6.07, 6.45) is 2.12.